The zero-order valence-corrected chi connectivity index (χ0v) is 11.2. The van der Waals surface area contributed by atoms with Gasteiger partial charge in [-0.25, -0.2) is 13.1 Å². The van der Waals surface area contributed by atoms with Crippen LogP contribution < -0.4 is 10.0 Å². The molecular formula is C9H18N4O3S. The highest BCUT2D eigenvalue weighted by Gasteiger charge is 2.17. The third-order valence-corrected chi connectivity index (χ3v) is 2.65. The molecule has 0 saturated heterocycles. The molecule has 7 nitrogen and oxygen atoms in total. The number of nitrogens with one attached hydrogen (secondary N) is 2. The van der Waals surface area contributed by atoms with E-state index in [1.807, 2.05) is 0 Å². The third-order valence-electron chi connectivity index (χ3n) is 1.86. The van der Waals surface area contributed by atoms with E-state index in [1.165, 1.54) is 0 Å². The van der Waals surface area contributed by atoms with Gasteiger partial charge in [0.15, 0.2) is 0 Å². The highest BCUT2D eigenvalue weighted by Crippen LogP contribution is 2.14. The summed E-state index contributed by atoms with van der Waals surface area (Å²) in [5, 5.41) is 10.5. The lowest BCUT2D eigenvalue weighted by Crippen LogP contribution is -2.25. The molecule has 0 radical (unpaired) electrons. The fraction of sp³-hybridized carbons (Fsp3) is 0.778. The van der Waals surface area contributed by atoms with Crippen LogP contribution in [0.5, 0.6) is 0 Å². The van der Waals surface area contributed by atoms with E-state index in [4.69, 9.17) is 4.42 Å². The first kappa shape index (κ1) is 13.9. The van der Waals surface area contributed by atoms with Gasteiger partial charge in [0.2, 0.25) is 15.9 Å². The van der Waals surface area contributed by atoms with Crippen LogP contribution in [0, 0.1) is 5.92 Å². The van der Waals surface area contributed by atoms with Gasteiger partial charge < -0.3 is 9.73 Å². The monoisotopic (exact) mass is 262 g/mol. The Balaban J connectivity index is 2.61. The Kier molecular flexibility index (Phi) is 4.47. The first-order valence-corrected chi connectivity index (χ1v) is 7.21. The maximum Gasteiger partial charge on any atom is 0.315 e. The number of anilines is 1. The van der Waals surface area contributed by atoms with Crippen LogP contribution in [0.2, 0.25) is 0 Å². The molecule has 2 N–H and O–H groups in total. The lowest BCUT2D eigenvalue weighted by molar-refractivity contribution is 0.451. The number of hydrogen-bond acceptors (Lipinski definition) is 6. The Morgan fingerprint density at radius 2 is 1.94 bits per heavy atom. The Hall–Kier alpha value is -1.15. The smallest absolute Gasteiger partial charge is 0.315 e. The molecule has 1 atom stereocenters. The van der Waals surface area contributed by atoms with Crippen LogP contribution in [0.25, 0.3) is 0 Å². The maximum absolute atomic E-state index is 11.0. The standard InChI is InChI=1S/C9H18N4O3S/c1-6(2)5-10-9-12-11-8(16-9)7(3)13-17(4,14)15/h6-7,13H,5H2,1-4H3,(H,10,12). The summed E-state index contributed by atoms with van der Waals surface area (Å²) < 4.78 is 29.7. The Morgan fingerprint density at radius 1 is 1.29 bits per heavy atom. The largest absolute Gasteiger partial charge is 0.406 e. The van der Waals surface area contributed by atoms with Crippen molar-refractivity contribution in [2.45, 2.75) is 26.8 Å². The zero-order chi connectivity index (χ0) is 13.1. The second-order valence-electron chi connectivity index (χ2n) is 4.33. The first-order valence-electron chi connectivity index (χ1n) is 5.32. The minimum atomic E-state index is -3.29. The zero-order valence-electron chi connectivity index (χ0n) is 10.4. The molecule has 1 aromatic rings. The quantitative estimate of drug-likeness (QED) is 0.785. The van der Waals surface area contributed by atoms with Gasteiger partial charge in [0, 0.05) is 6.54 Å². The second-order valence-corrected chi connectivity index (χ2v) is 6.11. The summed E-state index contributed by atoms with van der Waals surface area (Å²) in [5.74, 6) is 0.693. The van der Waals surface area contributed by atoms with Gasteiger partial charge in [0.25, 0.3) is 0 Å². The predicted molar refractivity (Wildman–Crippen MR) is 64.0 cm³/mol. The van der Waals surface area contributed by atoms with Crippen molar-refractivity contribution in [2.24, 2.45) is 5.92 Å². The molecule has 1 rings (SSSR count). The SMILES string of the molecule is CC(C)CNc1nnc(C(C)NS(C)(=O)=O)o1. The van der Waals surface area contributed by atoms with E-state index < -0.39 is 16.1 Å². The molecular weight excluding hydrogens is 244 g/mol. The van der Waals surface area contributed by atoms with E-state index >= 15 is 0 Å². The van der Waals surface area contributed by atoms with Crippen LogP contribution in [0.4, 0.5) is 6.01 Å². The van der Waals surface area contributed by atoms with E-state index in [9.17, 15) is 8.42 Å². The number of rotatable bonds is 6. The predicted octanol–water partition coefficient (Wildman–Crippen LogP) is 0.748. The minimum Gasteiger partial charge on any atom is -0.406 e. The van der Waals surface area contributed by atoms with Gasteiger partial charge in [0.05, 0.1) is 12.3 Å². The second kappa shape index (κ2) is 5.46. The Morgan fingerprint density at radius 3 is 2.47 bits per heavy atom. The van der Waals surface area contributed by atoms with Crippen molar-refractivity contribution in [3.05, 3.63) is 5.89 Å². The Bertz CT molecular complexity index is 455. The van der Waals surface area contributed by atoms with E-state index in [2.05, 4.69) is 34.1 Å². The summed E-state index contributed by atoms with van der Waals surface area (Å²) in [6.45, 7) is 6.46. The van der Waals surface area contributed by atoms with Crippen LogP contribution in [-0.4, -0.2) is 31.4 Å². The minimum absolute atomic E-state index is 0.238. The van der Waals surface area contributed by atoms with E-state index in [0.29, 0.717) is 11.9 Å². The molecule has 0 aliphatic rings. The average Bonchev–Trinajstić information content (AvgIpc) is 2.60. The highest BCUT2D eigenvalue weighted by molar-refractivity contribution is 7.88. The topological polar surface area (TPSA) is 97.1 Å². The van der Waals surface area contributed by atoms with Crippen molar-refractivity contribution >= 4 is 16.0 Å². The van der Waals surface area contributed by atoms with E-state index in [0.717, 1.165) is 12.8 Å². The Labute approximate surface area is 101 Å². The fourth-order valence-electron chi connectivity index (χ4n) is 1.14. The molecule has 1 heterocycles. The van der Waals surface area contributed by atoms with Crippen LogP contribution >= 0.6 is 0 Å². The summed E-state index contributed by atoms with van der Waals surface area (Å²) in [6.07, 6.45) is 1.08. The molecule has 0 amide bonds. The lowest BCUT2D eigenvalue weighted by atomic mass is 10.2. The fourth-order valence-corrected chi connectivity index (χ4v) is 1.89. The summed E-state index contributed by atoms with van der Waals surface area (Å²) in [4.78, 5) is 0. The normalized spacial score (nSPS) is 13.9. The first-order chi connectivity index (χ1) is 7.78. The molecule has 0 fully saturated rings. The summed E-state index contributed by atoms with van der Waals surface area (Å²) in [6, 6.07) is -0.233. The maximum atomic E-state index is 11.0. The van der Waals surface area contributed by atoms with Crippen molar-refractivity contribution < 1.29 is 12.8 Å². The van der Waals surface area contributed by atoms with Gasteiger partial charge in [0.1, 0.15) is 0 Å². The molecule has 0 bridgehead atoms. The van der Waals surface area contributed by atoms with Crippen molar-refractivity contribution in [2.75, 3.05) is 18.1 Å². The van der Waals surface area contributed by atoms with Gasteiger partial charge in [-0.15, -0.1) is 5.10 Å². The van der Waals surface area contributed by atoms with Gasteiger partial charge >= 0.3 is 6.01 Å². The van der Waals surface area contributed by atoms with Crippen LogP contribution in [-0.2, 0) is 10.0 Å². The highest BCUT2D eigenvalue weighted by atomic mass is 32.2. The van der Waals surface area contributed by atoms with Gasteiger partial charge in [-0.1, -0.05) is 18.9 Å². The molecule has 0 aromatic carbocycles. The summed E-state index contributed by atoms with van der Waals surface area (Å²) in [5.41, 5.74) is 0. The van der Waals surface area contributed by atoms with Crippen LogP contribution in [0.3, 0.4) is 0 Å². The molecule has 8 heteroatoms. The number of hydrogen-bond donors (Lipinski definition) is 2. The van der Waals surface area contributed by atoms with Crippen molar-refractivity contribution in [3.63, 3.8) is 0 Å². The van der Waals surface area contributed by atoms with E-state index in [-0.39, 0.29) is 5.89 Å². The molecule has 0 aliphatic carbocycles. The van der Waals surface area contributed by atoms with Crippen molar-refractivity contribution in [1.82, 2.24) is 14.9 Å². The van der Waals surface area contributed by atoms with Gasteiger partial charge in [-0.2, -0.15) is 0 Å². The number of nitrogens with zero attached hydrogens (tertiary/aromatic N) is 2. The van der Waals surface area contributed by atoms with Gasteiger partial charge in [-0.05, 0) is 12.8 Å². The van der Waals surface area contributed by atoms with Crippen molar-refractivity contribution in [1.29, 1.82) is 0 Å². The molecule has 0 saturated carbocycles. The third kappa shape index (κ3) is 5.14. The van der Waals surface area contributed by atoms with Crippen LogP contribution in [0.15, 0.2) is 4.42 Å². The molecule has 0 spiro atoms. The molecule has 0 aliphatic heterocycles. The van der Waals surface area contributed by atoms with Gasteiger partial charge in [-0.3, -0.25) is 0 Å². The molecule has 17 heavy (non-hydrogen) atoms. The van der Waals surface area contributed by atoms with Crippen molar-refractivity contribution in [3.8, 4) is 0 Å². The lowest BCUT2D eigenvalue weighted by Gasteiger charge is -2.07. The summed E-state index contributed by atoms with van der Waals surface area (Å²) in [7, 11) is -3.29. The molecule has 1 unspecified atom stereocenters. The van der Waals surface area contributed by atoms with Crippen LogP contribution in [0.1, 0.15) is 32.7 Å². The average molecular weight is 262 g/mol. The van der Waals surface area contributed by atoms with E-state index in [1.54, 1.807) is 6.92 Å². The number of sulfonamides is 1. The molecule has 98 valence electrons. The molecule has 1 aromatic heterocycles. The summed E-state index contributed by atoms with van der Waals surface area (Å²) >= 11 is 0. The number of aromatic nitrogens is 2.